The van der Waals surface area contributed by atoms with Crippen molar-refractivity contribution >= 4 is 17.4 Å². The molecule has 1 unspecified atom stereocenters. The van der Waals surface area contributed by atoms with Gasteiger partial charge in [-0.15, -0.1) is 0 Å². The Bertz CT molecular complexity index is 504. The number of anilines is 1. The van der Waals surface area contributed by atoms with Gasteiger partial charge < -0.3 is 19.5 Å². The number of nitrogens with zero attached hydrogens (tertiary/aromatic N) is 3. The first-order valence-electron chi connectivity index (χ1n) is 6.24. The second-order valence-corrected chi connectivity index (χ2v) is 5.62. The molecular formula is C12H16ClN3O3. The molecule has 19 heavy (non-hydrogen) atoms. The standard InChI is InChI=1S/C12H16ClN3O3/c1-12(2,17)9-8-10(15-11(13)14-9)16-3-4-18-5-7(16)6-19-8/h7,17H,3-6H2,1-2H3. The molecule has 1 N–H and O–H groups in total. The number of hydrogen-bond acceptors (Lipinski definition) is 6. The van der Waals surface area contributed by atoms with Gasteiger partial charge in [0, 0.05) is 6.54 Å². The van der Waals surface area contributed by atoms with E-state index in [0.29, 0.717) is 37.1 Å². The summed E-state index contributed by atoms with van der Waals surface area (Å²) in [5.41, 5.74) is -0.706. The van der Waals surface area contributed by atoms with Gasteiger partial charge in [-0.05, 0) is 25.4 Å². The average Bonchev–Trinajstić information content (AvgIpc) is 2.36. The molecule has 1 atom stereocenters. The smallest absolute Gasteiger partial charge is 0.224 e. The molecule has 104 valence electrons. The van der Waals surface area contributed by atoms with Gasteiger partial charge in [0.05, 0.1) is 19.3 Å². The molecule has 0 amide bonds. The van der Waals surface area contributed by atoms with Crippen molar-refractivity contribution in [3.8, 4) is 5.75 Å². The lowest BCUT2D eigenvalue weighted by Crippen LogP contribution is -2.52. The van der Waals surface area contributed by atoms with Gasteiger partial charge in [-0.25, -0.2) is 4.98 Å². The number of aromatic nitrogens is 2. The maximum absolute atomic E-state index is 10.2. The van der Waals surface area contributed by atoms with E-state index < -0.39 is 5.60 Å². The van der Waals surface area contributed by atoms with E-state index in [1.54, 1.807) is 13.8 Å². The molecule has 7 heteroatoms. The number of morpholine rings is 1. The van der Waals surface area contributed by atoms with Crippen LogP contribution in [0.4, 0.5) is 5.82 Å². The number of rotatable bonds is 1. The van der Waals surface area contributed by atoms with Gasteiger partial charge in [-0.2, -0.15) is 4.98 Å². The molecule has 0 aliphatic carbocycles. The van der Waals surface area contributed by atoms with Crippen molar-refractivity contribution in [1.82, 2.24) is 9.97 Å². The van der Waals surface area contributed by atoms with Crippen LogP contribution in [-0.4, -0.2) is 47.5 Å². The molecule has 3 heterocycles. The van der Waals surface area contributed by atoms with Gasteiger partial charge in [0.15, 0.2) is 11.6 Å². The van der Waals surface area contributed by atoms with E-state index in [4.69, 9.17) is 21.1 Å². The van der Waals surface area contributed by atoms with Crippen molar-refractivity contribution < 1.29 is 14.6 Å². The monoisotopic (exact) mass is 285 g/mol. The number of ether oxygens (including phenoxy) is 2. The minimum Gasteiger partial charge on any atom is -0.485 e. The Kier molecular flexibility index (Phi) is 3.03. The summed E-state index contributed by atoms with van der Waals surface area (Å²) < 4.78 is 11.2. The third-order valence-electron chi connectivity index (χ3n) is 3.32. The lowest BCUT2D eigenvalue weighted by molar-refractivity contribution is 0.0562. The van der Waals surface area contributed by atoms with E-state index in [0.717, 1.165) is 6.54 Å². The highest BCUT2D eigenvalue weighted by Gasteiger charge is 2.37. The zero-order chi connectivity index (χ0) is 13.6. The average molecular weight is 286 g/mol. The van der Waals surface area contributed by atoms with Gasteiger partial charge in [0.2, 0.25) is 5.28 Å². The molecule has 2 aliphatic heterocycles. The first-order chi connectivity index (χ1) is 8.97. The first-order valence-corrected chi connectivity index (χ1v) is 6.62. The predicted octanol–water partition coefficient (Wildman–Crippen LogP) is 0.955. The van der Waals surface area contributed by atoms with E-state index in [9.17, 15) is 5.11 Å². The minimum absolute atomic E-state index is 0.117. The van der Waals surface area contributed by atoms with Crippen LogP contribution in [-0.2, 0) is 10.3 Å². The topological polar surface area (TPSA) is 67.7 Å². The molecule has 6 nitrogen and oxygen atoms in total. The quantitative estimate of drug-likeness (QED) is 0.775. The van der Waals surface area contributed by atoms with Crippen LogP contribution in [0.2, 0.25) is 5.28 Å². The Morgan fingerprint density at radius 2 is 2.16 bits per heavy atom. The fourth-order valence-electron chi connectivity index (χ4n) is 2.41. The van der Waals surface area contributed by atoms with Crippen LogP contribution in [0, 0.1) is 0 Å². The highest BCUT2D eigenvalue weighted by molar-refractivity contribution is 6.28. The zero-order valence-electron chi connectivity index (χ0n) is 10.9. The summed E-state index contributed by atoms with van der Waals surface area (Å²) in [4.78, 5) is 10.5. The Morgan fingerprint density at radius 1 is 1.37 bits per heavy atom. The van der Waals surface area contributed by atoms with Crippen molar-refractivity contribution in [2.24, 2.45) is 0 Å². The first kappa shape index (κ1) is 12.9. The summed E-state index contributed by atoms with van der Waals surface area (Å²) in [6.45, 7) is 5.80. The van der Waals surface area contributed by atoms with Gasteiger partial charge in [0.25, 0.3) is 0 Å². The zero-order valence-corrected chi connectivity index (χ0v) is 11.6. The summed E-state index contributed by atoms with van der Waals surface area (Å²) in [7, 11) is 0. The van der Waals surface area contributed by atoms with Crippen LogP contribution < -0.4 is 9.64 Å². The number of halogens is 1. The van der Waals surface area contributed by atoms with Crippen LogP contribution in [0.15, 0.2) is 0 Å². The van der Waals surface area contributed by atoms with E-state index in [1.165, 1.54) is 0 Å². The van der Waals surface area contributed by atoms with Crippen molar-refractivity contribution in [3.05, 3.63) is 11.0 Å². The van der Waals surface area contributed by atoms with Crippen molar-refractivity contribution in [2.75, 3.05) is 31.3 Å². The summed E-state index contributed by atoms with van der Waals surface area (Å²) in [5, 5.41) is 10.3. The molecule has 1 aromatic rings. The number of hydrogen-bond donors (Lipinski definition) is 1. The van der Waals surface area contributed by atoms with Crippen LogP contribution in [0.1, 0.15) is 19.5 Å². The van der Waals surface area contributed by atoms with E-state index in [1.807, 2.05) is 0 Å². The van der Waals surface area contributed by atoms with Crippen LogP contribution >= 0.6 is 11.6 Å². The highest BCUT2D eigenvalue weighted by atomic mass is 35.5. The predicted molar refractivity (Wildman–Crippen MR) is 69.7 cm³/mol. The largest absolute Gasteiger partial charge is 0.485 e. The van der Waals surface area contributed by atoms with Gasteiger partial charge >= 0.3 is 0 Å². The molecular weight excluding hydrogens is 270 g/mol. The second-order valence-electron chi connectivity index (χ2n) is 5.29. The summed E-state index contributed by atoms with van der Waals surface area (Å²) in [5.74, 6) is 1.17. The fraction of sp³-hybridized carbons (Fsp3) is 0.667. The van der Waals surface area contributed by atoms with Crippen LogP contribution in [0.5, 0.6) is 5.75 Å². The lowest BCUT2D eigenvalue weighted by atomic mass is 10.0. The Hall–Kier alpha value is -1.11. The fourth-order valence-corrected chi connectivity index (χ4v) is 2.57. The van der Waals surface area contributed by atoms with Gasteiger partial charge in [-0.1, -0.05) is 0 Å². The molecule has 1 aromatic heterocycles. The van der Waals surface area contributed by atoms with Gasteiger partial charge in [-0.3, -0.25) is 0 Å². The van der Waals surface area contributed by atoms with Crippen molar-refractivity contribution in [3.63, 3.8) is 0 Å². The van der Waals surface area contributed by atoms with Crippen LogP contribution in [0.3, 0.4) is 0 Å². The molecule has 3 rings (SSSR count). The third-order valence-corrected chi connectivity index (χ3v) is 3.49. The molecule has 0 bridgehead atoms. The van der Waals surface area contributed by atoms with E-state index >= 15 is 0 Å². The highest BCUT2D eigenvalue weighted by Crippen LogP contribution is 2.40. The van der Waals surface area contributed by atoms with Crippen molar-refractivity contribution in [2.45, 2.75) is 25.5 Å². The lowest BCUT2D eigenvalue weighted by Gasteiger charge is -2.41. The molecule has 0 radical (unpaired) electrons. The number of fused-ring (bicyclic) bond motifs is 3. The third kappa shape index (κ3) is 2.24. The van der Waals surface area contributed by atoms with Crippen molar-refractivity contribution in [1.29, 1.82) is 0 Å². The summed E-state index contributed by atoms with van der Waals surface area (Å²) in [6, 6.07) is 0.141. The molecule has 0 saturated carbocycles. The second kappa shape index (κ2) is 4.47. The SMILES string of the molecule is CC(C)(O)c1nc(Cl)nc2c1OCC1COCCN21. The molecule has 0 spiro atoms. The molecule has 2 aliphatic rings. The summed E-state index contributed by atoms with van der Waals surface area (Å²) >= 11 is 5.97. The molecule has 1 saturated heterocycles. The minimum atomic E-state index is -1.13. The van der Waals surface area contributed by atoms with E-state index in [2.05, 4.69) is 14.9 Å². The van der Waals surface area contributed by atoms with Gasteiger partial charge in [0.1, 0.15) is 17.9 Å². The molecule has 0 aromatic carbocycles. The van der Waals surface area contributed by atoms with Crippen LogP contribution in [0.25, 0.3) is 0 Å². The number of aliphatic hydroxyl groups is 1. The summed E-state index contributed by atoms with van der Waals surface area (Å²) in [6.07, 6.45) is 0. The Balaban J connectivity index is 2.11. The Morgan fingerprint density at radius 3 is 2.89 bits per heavy atom. The maximum atomic E-state index is 10.2. The van der Waals surface area contributed by atoms with E-state index in [-0.39, 0.29) is 11.3 Å². The maximum Gasteiger partial charge on any atom is 0.224 e. The normalized spacial score (nSPS) is 22.5. The molecule has 1 fully saturated rings. The Labute approximate surface area is 116 Å².